The highest BCUT2D eigenvalue weighted by molar-refractivity contribution is 5.75. The molecular weight excluding hydrogens is 190 g/mol. The van der Waals surface area contributed by atoms with Gasteiger partial charge in [-0.05, 0) is 19.1 Å². The van der Waals surface area contributed by atoms with Gasteiger partial charge in [-0.15, -0.1) is 0 Å². The van der Waals surface area contributed by atoms with Crippen molar-refractivity contribution >= 4 is 11.6 Å². The van der Waals surface area contributed by atoms with E-state index in [1.165, 1.54) is 0 Å². The molecule has 0 atom stereocenters. The standard InChI is InChI=1S/C10H13N5/c1-7-3-2-4-9-14-8(6-15(7)9)5-13-10(11)12/h2-4,6H,5H2,1H3,(H4,11,12,13). The van der Waals surface area contributed by atoms with Crippen molar-refractivity contribution in [3.63, 3.8) is 0 Å². The zero-order valence-electron chi connectivity index (χ0n) is 8.51. The molecule has 0 radical (unpaired) electrons. The second-order valence-corrected chi connectivity index (χ2v) is 3.37. The first kappa shape index (κ1) is 9.51. The minimum atomic E-state index is 0.0868. The lowest BCUT2D eigenvalue weighted by Crippen LogP contribution is -2.22. The molecule has 2 heterocycles. The zero-order chi connectivity index (χ0) is 10.8. The van der Waals surface area contributed by atoms with Crippen molar-refractivity contribution in [3.8, 4) is 0 Å². The highest BCUT2D eigenvalue weighted by atomic mass is 15.0. The number of nitrogens with two attached hydrogens (primary N) is 2. The predicted molar refractivity (Wildman–Crippen MR) is 59.4 cm³/mol. The van der Waals surface area contributed by atoms with Crippen LogP contribution in [0.4, 0.5) is 0 Å². The number of imidazole rings is 1. The summed E-state index contributed by atoms with van der Waals surface area (Å²) in [7, 11) is 0. The van der Waals surface area contributed by atoms with Crippen LogP contribution >= 0.6 is 0 Å². The number of aryl methyl sites for hydroxylation is 1. The highest BCUT2D eigenvalue weighted by Gasteiger charge is 2.01. The van der Waals surface area contributed by atoms with Gasteiger partial charge in [-0.2, -0.15) is 0 Å². The number of hydrogen-bond donors (Lipinski definition) is 2. The Morgan fingerprint density at radius 2 is 2.27 bits per heavy atom. The number of aromatic nitrogens is 2. The molecule has 0 aromatic carbocycles. The molecule has 0 spiro atoms. The Morgan fingerprint density at radius 1 is 1.47 bits per heavy atom. The van der Waals surface area contributed by atoms with Gasteiger partial charge in [-0.1, -0.05) is 6.07 Å². The normalized spacial score (nSPS) is 10.5. The Kier molecular flexibility index (Phi) is 2.29. The Morgan fingerprint density at radius 3 is 2.93 bits per heavy atom. The second-order valence-electron chi connectivity index (χ2n) is 3.37. The lowest BCUT2D eigenvalue weighted by atomic mass is 10.4. The van der Waals surface area contributed by atoms with E-state index in [9.17, 15) is 0 Å². The Bertz CT molecular complexity index is 508. The summed E-state index contributed by atoms with van der Waals surface area (Å²) in [5, 5.41) is 0. The van der Waals surface area contributed by atoms with Crippen molar-refractivity contribution < 1.29 is 0 Å². The first-order valence-corrected chi connectivity index (χ1v) is 4.66. The van der Waals surface area contributed by atoms with E-state index in [1.807, 2.05) is 35.7 Å². The summed E-state index contributed by atoms with van der Waals surface area (Å²) in [5.41, 5.74) is 13.4. The molecular formula is C10H13N5. The van der Waals surface area contributed by atoms with Crippen LogP contribution in [-0.4, -0.2) is 15.3 Å². The van der Waals surface area contributed by atoms with E-state index in [1.54, 1.807) is 0 Å². The molecule has 2 rings (SSSR count). The van der Waals surface area contributed by atoms with Crippen LogP contribution in [0.15, 0.2) is 29.4 Å². The Labute approximate surface area is 87.4 Å². The second kappa shape index (κ2) is 3.61. The third kappa shape index (κ3) is 1.90. The molecule has 4 N–H and O–H groups in total. The number of rotatable bonds is 2. The van der Waals surface area contributed by atoms with Crippen LogP contribution in [0.2, 0.25) is 0 Å². The topological polar surface area (TPSA) is 81.7 Å². The van der Waals surface area contributed by atoms with Gasteiger partial charge in [0, 0.05) is 11.9 Å². The maximum atomic E-state index is 5.26. The van der Waals surface area contributed by atoms with E-state index in [2.05, 4.69) is 9.98 Å². The van der Waals surface area contributed by atoms with Gasteiger partial charge in [0.15, 0.2) is 5.96 Å². The molecule has 5 heteroatoms. The average molecular weight is 203 g/mol. The third-order valence-corrected chi connectivity index (χ3v) is 2.17. The number of fused-ring (bicyclic) bond motifs is 1. The molecule has 0 fully saturated rings. The number of guanidine groups is 1. The molecule has 0 aliphatic carbocycles. The fourth-order valence-corrected chi connectivity index (χ4v) is 1.45. The lowest BCUT2D eigenvalue weighted by Gasteiger charge is -1.95. The average Bonchev–Trinajstić information content (AvgIpc) is 2.59. The van der Waals surface area contributed by atoms with Gasteiger partial charge < -0.3 is 15.9 Å². The van der Waals surface area contributed by atoms with Gasteiger partial charge in [0.05, 0.1) is 12.2 Å². The highest BCUT2D eigenvalue weighted by Crippen LogP contribution is 2.08. The summed E-state index contributed by atoms with van der Waals surface area (Å²) in [5.74, 6) is 0.0868. The van der Waals surface area contributed by atoms with E-state index in [4.69, 9.17) is 11.5 Å². The maximum Gasteiger partial charge on any atom is 0.186 e. The summed E-state index contributed by atoms with van der Waals surface area (Å²) in [6, 6.07) is 5.95. The first-order valence-electron chi connectivity index (χ1n) is 4.66. The summed E-state index contributed by atoms with van der Waals surface area (Å²) in [4.78, 5) is 8.31. The fraction of sp³-hybridized carbons (Fsp3) is 0.200. The number of aliphatic imine (C=N–C) groups is 1. The van der Waals surface area contributed by atoms with Crippen molar-refractivity contribution in [2.45, 2.75) is 13.5 Å². The molecule has 0 aliphatic heterocycles. The van der Waals surface area contributed by atoms with E-state index in [0.29, 0.717) is 6.54 Å². The Hall–Kier alpha value is -2.04. The molecule has 78 valence electrons. The van der Waals surface area contributed by atoms with Crippen LogP contribution in [0.5, 0.6) is 0 Å². The Balaban J connectivity index is 2.39. The smallest absolute Gasteiger partial charge is 0.186 e. The molecule has 0 saturated carbocycles. The van der Waals surface area contributed by atoms with Crippen molar-refractivity contribution in [2.24, 2.45) is 16.5 Å². The summed E-state index contributed by atoms with van der Waals surface area (Å²) < 4.78 is 2.01. The van der Waals surface area contributed by atoms with Crippen LogP contribution in [0.1, 0.15) is 11.4 Å². The van der Waals surface area contributed by atoms with Crippen molar-refractivity contribution in [1.29, 1.82) is 0 Å². The van der Waals surface area contributed by atoms with Crippen LogP contribution in [0.3, 0.4) is 0 Å². The van der Waals surface area contributed by atoms with Crippen molar-refractivity contribution in [2.75, 3.05) is 0 Å². The fourth-order valence-electron chi connectivity index (χ4n) is 1.45. The number of pyridine rings is 1. The van der Waals surface area contributed by atoms with Crippen molar-refractivity contribution in [3.05, 3.63) is 35.8 Å². The first-order chi connectivity index (χ1) is 7.16. The molecule has 0 unspecified atom stereocenters. The van der Waals surface area contributed by atoms with Crippen LogP contribution < -0.4 is 11.5 Å². The summed E-state index contributed by atoms with van der Waals surface area (Å²) in [6.45, 7) is 2.45. The lowest BCUT2D eigenvalue weighted by molar-refractivity contribution is 1.00. The van der Waals surface area contributed by atoms with Gasteiger partial charge in [0.2, 0.25) is 0 Å². The predicted octanol–water partition coefficient (Wildman–Crippen LogP) is 0.416. The van der Waals surface area contributed by atoms with Gasteiger partial charge in [0.25, 0.3) is 0 Å². The van der Waals surface area contributed by atoms with E-state index in [-0.39, 0.29) is 5.96 Å². The quantitative estimate of drug-likeness (QED) is 0.548. The van der Waals surface area contributed by atoms with E-state index >= 15 is 0 Å². The van der Waals surface area contributed by atoms with Crippen LogP contribution in [0.25, 0.3) is 5.65 Å². The SMILES string of the molecule is Cc1cccc2nc(CN=C(N)N)cn12. The van der Waals surface area contributed by atoms with E-state index < -0.39 is 0 Å². The van der Waals surface area contributed by atoms with Crippen molar-refractivity contribution in [1.82, 2.24) is 9.38 Å². The van der Waals surface area contributed by atoms with Gasteiger partial charge in [-0.3, -0.25) is 0 Å². The van der Waals surface area contributed by atoms with Crippen LogP contribution in [-0.2, 0) is 6.54 Å². The third-order valence-electron chi connectivity index (χ3n) is 2.17. The maximum absolute atomic E-state index is 5.26. The monoisotopic (exact) mass is 203 g/mol. The number of hydrogen-bond acceptors (Lipinski definition) is 2. The zero-order valence-corrected chi connectivity index (χ0v) is 8.51. The largest absolute Gasteiger partial charge is 0.370 e. The summed E-state index contributed by atoms with van der Waals surface area (Å²) >= 11 is 0. The molecule has 5 nitrogen and oxygen atoms in total. The number of nitrogens with zero attached hydrogens (tertiary/aromatic N) is 3. The minimum Gasteiger partial charge on any atom is -0.370 e. The molecule has 0 bridgehead atoms. The van der Waals surface area contributed by atoms with Crippen LogP contribution in [0, 0.1) is 6.92 Å². The molecule has 0 amide bonds. The van der Waals surface area contributed by atoms with Gasteiger partial charge >= 0.3 is 0 Å². The molecule has 2 aromatic rings. The molecule has 0 aliphatic rings. The molecule has 0 saturated heterocycles. The minimum absolute atomic E-state index is 0.0868. The van der Waals surface area contributed by atoms with Gasteiger partial charge in [0.1, 0.15) is 5.65 Å². The van der Waals surface area contributed by atoms with E-state index in [0.717, 1.165) is 17.0 Å². The molecule has 2 aromatic heterocycles. The summed E-state index contributed by atoms with van der Waals surface area (Å²) in [6.07, 6.45) is 1.94. The molecule has 15 heavy (non-hydrogen) atoms. The van der Waals surface area contributed by atoms with Gasteiger partial charge in [-0.25, -0.2) is 9.98 Å².